The number of aliphatic hydroxyl groups is 2. The summed E-state index contributed by atoms with van der Waals surface area (Å²) in [6, 6.07) is 0. The molecule has 4 heterocycles. The van der Waals surface area contributed by atoms with Crippen LogP contribution in [0.25, 0.3) is 22.1 Å². The molecule has 0 saturated heterocycles. The third-order valence-corrected chi connectivity index (χ3v) is 8.96. The molecule has 236 valence electrons. The van der Waals surface area contributed by atoms with Crippen LogP contribution in [0.1, 0.15) is 88.4 Å². The lowest BCUT2D eigenvalue weighted by Gasteiger charge is -2.12. The van der Waals surface area contributed by atoms with Gasteiger partial charge < -0.3 is 21.3 Å². The Morgan fingerprint density at radius 3 is 1.74 bits per heavy atom. The van der Waals surface area contributed by atoms with Gasteiger partial charge in [0.05, 0.1) is 34.4 Å². The molecule has 7 N–H and O–H groups in total. The predicted molar refractivity (Wildman–Crippen MR) is 175 cm³/mol. The normalized spacial score (nSPS) is 17.0. The summed E-state index contributed by atoms with van der Waals surface area (Å²) in [4.78, 5) is 17.7. The lowest BCUT2D eigenvalue weighted by Crippen LogP contribution is -2.16. The molecule has 15 heteroatoms. The summed E-state index contributed by atoms with van der Waals surface area (Å²) in [6.07, 6.45) is 13.0. The first-order valence-electron chi connectivity index (χ1n) is 14.8. The van der Waals surface area contributed by atoms with E-state index in [9.17, 15) is 5.11 Å². The molecule has 0 aromatic carbocycles. The molecule has 12 nitrogen and oxygen atoms in total. The van der Waals surface area contributed by atoms with Crippen LogP contribution in [0.3, 0.4) is 0 Å². The minimum Gasteiger partial charge on any atom is -0.392 e. The second-order valence-electron chi connectivity index (χ2n) is 11.0. The smallest absolute Gasteiger partial charge is 0.191 e. The number of nitrogens with two attached hydrogens (primary N) is 1. The van der Waals surface area contributed by atoms with Crippen molar-refractivity contribution in [2.45, 2.75) is 99.6 Å². The Morgan fingerprint density at radius 2 is 1.28 bits per heavy atom. The molecule has 0 amide bonds. The van der Waals surface area contributed by atoms with Crippen LogP contribution in [0, 0.1) is 0 Å². The van der Waals surface area contributed by atoms with Crippen molar-refractivity contribution in [3.63, 3.8) is 0 Å². The summed E-state index contributed by atoms with van der Waals surface area (Å²) in [5.41, 5.74) is 8.59. The summed E-state index contributed by atoms with van der Waals surface area (Å²) in [7, 11) is 0. The maximum absolute atomic E-state index is 9.51. The zero-order chi connectivity index (χ0) is 30.9. The van der Waals surface area contributed by atoms with E-state index in [-0.39, 0.29) is 6.10 Å². The summed E-state index contributed by atoms with van der Waals surface area (Å²) in [6.45, 7) is 4.24. The summed E-state index contributed by atoms with van der Waals surface area (Å²) in [5, 5.41) is 39.7. The first-order valence-corrected chi connectivity index (χ1v) is 17.6. The van der Waals surface area contributed by atoms with Gasteiger partial charge in [0, 0.05) is 24.9 Å². The molecule has 2 saturated carbocycles. The maximum atomic E-state index is 9.51. The van der Waals surface area contributed by atoms with Crippen LogP contribution >= 0.6 is 35.1 Å². The fraction of sp³-hybridized carbons (Fsp3) is 0.643. The highest BCUT2D eigenvalue weighted by atomic mass is 35.5. The first-order chi connectivity index (χ1) is 20.7. The number of anilines is 1. The summed E-state index contributed by atoms with van der Waals surface area (Å²) < 4.78 is 0. The van der Waals surface area contributed by atoms with Crippen molar-refractivity contribution in [3.8, 4) is 0 Å². The second kappa shape index (κ2) is 16.2. The zero-order valence-corrected chi connectivity index (χ0v) is 27.6. The van der Waals surface area contributed by atoms with Crippen molar-refractivity contribution in [2.75, 3.05) is 30.9 Å². The first kappa shape index (κ1) is 33.7. The predicted octanol–water partition coefficient (Wildman–Crippen LogP) is 5.24. The monoisotopic (exact) mass is 650 g/mol. The number of nitrogens with zero attached hydrogens (tertiary/aromatic N) is 6. The third-order valence-electron chi connectivity index (χ3n) is 7.60. The highest BCUT2D eigenvalue weighted by Crippen LogP contribution is 2.39. The van der Waals surface area contributed by atoms with Gasteiger partial charge >= 0.3 is 0 Å². The number of thioether (sulfide) groups is 2. The molecule has 4 aromatic rings. The van der Waals surface area contributed by atoms with E-state index in [1.54, 1.807) is 13.8 Å². The number of hydrogen-bond donors (Lipinski definition) is 6. The fourth-order valence-electron chi connectivity index (χ4n) is 5.39. The number of aliphatic hydroxyl groups excluding tert-OH is 2. The number of fused-ring (bicyclic) bond motifs is 2. The van der Waals surface area contributed by atoms with Gasteiger partial charge in [-0.3, -0.25) is 10.2 Å². The molecule has 2 fully saturated rings. The van der Waals surface area contributed by atoms with Crippen molar-refractivity contribution >= 4 is 63.0 Å². The second-order valence-corrected chi connectivity index (χ2v) is 12.9. The molecule has 2 atom stereocenters. The van der Waals surface area contributed by atoms with Crippen LogP contribution in [-0.4, -0.2) is 88.4 Å². The van der Waals surface area contributed by atoms with Crippen molar-refractivity contribution in [1.29, 1.82) is 0 Å². The topological polar surface area (TPSA) is 187 Å². The van der Waals surface area contributed by atoms with E-state index in [1.165, 1.54) is 74.9 Å². The van der Waals surface area contributed by atoms with E-state index in [2.05, 4.69) is 45.6 Å². The van der Waals surface area contributed by atoms with Crippen molar-refractivity contribution < 1.29 is 10.2 Å². The molecule has 0 bridgehead atoms. The third kappa shape index (κ3) is 8.70. The Morgan fingerprint density at radius 1 is 0.814 bits per heavy atom. The van der Waals surface area contributed by atoms with Gasteiger partial charge in [-0.25, -0.2) is 19.9 Å². The minimum absolute atomic E-state index is 0.338. The zero-order valence-electron chi connectivity index (χ0n) is 25.2. The molecule has 0 spiro atoms. The number of aromatic nitrogens is 8. The average Bonchev–Trinajstić information content (AvgIpc) is 3.82. The number of nitrogens with one attached hydrogen (secondary N) is 3. The van der Waals surface area contributed by atoms with Gasteiger partial charge in [-0.2, -0.15) is 10.2 Å². The molecule has 2 aliphatic carbocycles. The summed E-state index contributed by atoms with van der Waals surface area (Å²) in [5.74, 6) is 1.84. The van der Waals surface area contributed by atoms with E-state index in [4.69, 9.17) is 22.4 Å². The van der Waals surface area contributed by atoms with Crippen molar-refractivity contribution in [1.82, 2.24) is 40.3 Å². The lowest BCUT2D eigenvalue weighted by atomic mass is 10.0. The van der Waals surface area contributed by atoms with Gasteiger partial charge in [-0.15, -0.1) is 0 Å². The van der Waals surface area contributed by atoms with Crippen LogP contribution in [0.5, 0.6) is 0 Å². The Kier molecular flexibility index (Phi) is 12.7. The Labute approximate surface area is 265 Å². The number of aromatic amines is 2. The molecule has 6 rings (SSSR count). The molecular formula is C28H43ClN10O2S2. The minimum atomic E-state index is -0.422. The van der Waals surface area contributed by atoms with E-state index in [0.717, 1.165) is 28.0 Å². The van der Waals surface area contributed by atoms with Crippen LogP contribution in [0.15, 0.2) is 10.3 Å². The van der Waals surface area contributed by atoms with Crippen LogP contribution in [0.2, 0.25) is 5.15 Å². The molecule has 2 aliphatic rings. The fourth-order valence-corrected chi connectivity index (χ4v) is 6.42. The Balaban J connectivity index is 0.000000173. The summed E-state index contributed by atoms with van der Waals surface area (Å²) >= 11 is 9.22. The van der Waals surface area contributed by atoms with E-state index in [0.29, 0.717) is 51.7 Å². The SMILES string of the molecule is CSc1nc(Cl)c2c(C3CCCC3)[nH]nc2n1.CSc1nc(NC[C@H](C)O)c2c(C3CCCC3)[nH]nc2n1.C[C@H](O)CN. The standard InChI is InChI=1S/C14H21N5OS.C11H13ClN4S.C3H9NO/c1-8(20)7-15-12-10-11(9-5-3-4-6-9)18-19-13(10)17-14(16-12)21-2;1-17-11-13-9(12)7-8(6-4-2-3-5-6)15-16-10(7)14-11;1-3(5)2-4/h8-9,20H,3-7H2,1-2H3,(H2,15,16,17,18,19);6H,2-5H2,1H3,(H,13,14,15,16);3,5H,2,4H2,1H3/t8-;;3-/m0.0/s1. The lowest BCUT2D eigenvalue weighted by molar-refractivity contribution is 0.203. The van der Waals surface area contributed by atoms with Gasteiger partial charge in [-0.1, -0.05) is 60.8 Å². The van der Waals surface area contributed by atoms with Crippen molar-refractivity contribution in [3.05, 3.63) is 16.5 Å². The van der Waals surface area contributed by atoms with Gasteiger partial charge in [-0.05, 0) is 52.0 Å². The Hall–Kier alpha value is -2.23. The molecule has 43 heavy (non-hydrogen) atoms. The largest absolute Gasteiger partial charge is 0.392 e. The van der Waals surface area contributed by atoms with E-state index >= 15 is 0 Å². The van der Waals surface area contributed by atoms with Gasteiger partial charge in [0.25, 0.3) is 0 Å². The molecule has 0 radical (unpaired) electrons. The quantitative estimate of drug-likeness (QED) is 0.0828. The van der Waals surface area contributed by atoms with E-state index in [1.807, 2.05) is 12.5 Å². The number of H-pyrrole nitrogens is 2. The maximum Gasteiger partial charge on any atom is 0.191 e. The molecule has 0 unspecified atom stereocenters. The van der Waals surface area contributed by atoms with Crippen LogP contribution in [-0.2, 0) is 0 Å². The van der Waals surface area contributed by atoms with Crippen LogP contribution < -0.4 is 11.1 Å². The number of halogens is 1. The van der Waals surface area contributed by atoms with Gasteiger partial charge in [0.1, 0.15) is 11.0 Å². The van der Waals surface area contributed by atoms with Crippen LogP contribution in [0.4, 0.5) is 5.82 Å². The number of hydrogen-bond acceptors (Lipinski definition) is 12. The van der Waals surface area contributed by atoms with Gasteiger partial charge in [0.2, 0.25) is 0 Å². The van der Waals surface area contributed by atoms with Crippen molar-refractivity contribution in [2.24, 2.45) is 5.73 Å². The number of rotatable bonds is 8. The van der Waals surface area contributed by atoms with E-state index < -0.39 is 6.10 Å². The molecule has 0 aliphatic heterocycles. The highest BCUT2D eigenvalue weighted by molar-refractivity contribution is 7.98. The Bertz CT molecular complexity index is 1450. The van der Waals surface area contributed by atoms with Gasteiger partial charge in [0.15, 0.2) is 21.6 Å². The highest BCUT2D eigenvalue weighted by Gasteiger charge is 2.25. The average molecular weight is 651 g/mol. The molecular weight excluding hydrogens is 608 g/mol. The molecule has 4 aromatic heterocycles.